The summed E-state index contributed by atoms with van der Waals surface area (Å²) in [5.74, 6) is -0.687. The molecule has 0 bridgehead atoms. The Bertz CT molecular complexity index is 785. The SMILES string of the molecule is CC(C)CCN(CC(=O)O)C(=O)OCC1c2ccccc2-c2ccccc21. The van der Waals surface area contributed by atoms with Crippen molar-refractivity contribution in [3.05, 3.63) is 59.7 Å². The third-order valence-corrected chi connectivity index (χ3v) is 4.90. The molecule has 1 amide bonds. The van der Waals surface area contributed by atoms with E-state index in [4.69, 9.17) is 9.84 Å². The summed E-state index contributed by atoms with van der Waals surface area (Å²) in [6, 6.07) is 16.3. The lowest BCUT2D eigenvalue weighted by Gasteiger charge is -2.22. The van der Waals surface area contributed by atoms with E-state index in [9.17, 15) is 9.59 Å². The van der Waals surface area contributed by atoms with E-state index in [-0.39, 0.29) is 19.1 Å². The molecule has 0 fully saturated rings. The van der Waals surface area contributed by atoms with E-state index in [0.717, 1.165) is 28.7 Å². The number of rotatable bonds is 7. The topological polar surface area (TPSA) is 66.8 Å². The van der Waals surface area contributed by atoms with Crippen LogP contribution >= 0.6 is 0 Å². The van der Waals surface area contributed by atoms with Crippen molar-refractivity contribution in [3.63, 3.8) is 0 Å². The molecule has 5 nitrogen and oxygen atoms in total. The number of carboxylic acids is 1. The second-order valence-electron chi connectivity index (χ2n) is 7.30. The Labute approximate surface area is 159 Å². The number of carbonyl (C=O) groups excluding carboxylic acids is 1. The van der Waals surface area contributed by atoms with Crippen LogP contribution in [0.1, 0.15) is 37.3 Å². The number of hydrogen-bond donors (Lipinski definition) is 1. The second-order valence-corrected chi connectivity index (χ2v) is 7.30. The summed E-state index contributed by atoms with van der Waals surface area (Å²) in [4.78, 5) is 24.9. The number of benzene rings is 2. The van der Waals surface area contributed by atoms with Gasteiger partial charge in [0, 0.05) is 12.5 Å². The van der Waals surface area contributed by atoms with Crippen LogP contribution in [-0.4, -0.2) is 41.8 Å². The Morgan fingerprint density at radius 3 is 2.11 bits per heavy atom. The van der Waals surface area contributed by atoms with E-state index in [2.05, 4.69) is 24.3 Å². The lowest BCUT2D eigenvalue weighted by Crippen LogP contribution is -2.37. The molecule has 1 N–H and O–H groups in total. The van der Waals surface area contributed by atoms with E-state index >= 15 is 0 Å². The Balaban J connectivity index is 1.73. The Morgan fingerprint density at radius 2 is 1.59 bits per heavy atom. The van der Waals surface area contributed by atoms with Crippen LogP contribution in [0.5, 0.6) is 0 Å². The van der Waals surface area contributed by atoms with Crippen molar-refractivity contribution in [1.82, 2.24) is 4.90 Å². The number of aliphatic carboxylic acids is 1. The highest BCUT2D eigenvalue weighted by molar-refractivity contribution is 5.79. The maximum atomic E-state index is 12.5. The Kier molecular flexibility index (Phi) is 5.79. The molecule has 0 aliphatic heterocycles. The van der Waals surface area contributed by atoms with E-state index in [1.165, 1.54) is 4.90 Å². The molecule has 2 aromatic carbocycles. The molecule has 0 atom stereocenters. The monoisotopic (exact) mass is 367 g/mol. The van der Waals surface area contributed by atoms with Gasteiger partial charge in [0.15, 0.2) is 0 Å². The van der Waals surface area contributed by atoms with Crippen LogP contribution in [0.4, 0.5) is 4.79 Å². The molecule has 27 heavy (non-hydrogen) atoms. The number of ether oxygens (including phenoxy) is 1. The van der Waals surface area contributed by atoms with Crippen LogP contribution in [0.25, 0.3) is 11.1 Å². The van der Waals surface area contributed by atoms with Crippen molar-refractivity contribution in [1.29, 1.82) is 0 Å². The molecule has 2 aromatic rings. The molecule has 1 aliphatic carbocycles. The van der Waals surface area contributed by atoms with Crippen LogP contribution in [0.2, 0.25) is 0 Å². The first-order valence-corrected chi connectivity index (χ1v) is 9.29. The number of carbonyl (C=O) groups is 2. The quantitative estimate of drug-likeness (QED) is 0.789. The largest absolute Gasteiger partial charge is 0.480 e. The van der Waals surface area contributed by atoms with Gasteiger partial charge in [-0.3, -0.25) is 9.69 Å². The minimum absolute atomic E-state index is 0.0295. The third kappa shape index (κ3) is 4.30. The molecule has 0 radical (unpaired) electrons. The Hall–Kier alpha value is -2.82. The van der Waals surface area contributed by atoms with Crippen molar-refractivity contribution in [3.8, 4) is 11.1 Å². The molecular formula is C22H25NO4. The van der Waals surface area contributed by atoms with Crippen molar-refractivity contribution in [2.45, 2.75) is 26.2 Å². The summed E-state index contributed by atoms with van der Waals surface area (Å²) in [5, 5.41) is 9.09. The molecular weight excluding hydrogens is 342 g/mol. The van der Waals surface area contributed by atoms with Gasteiger partial charge < -0.3 is 9.84 Å². The van der Waals surface area contributed by atoms with Gasteiger partial charge in [-0.05, 0) is 34.6 Å². The normalized spacial score (nSPS) is 12.6. The minimum atomic E-state index is -1.03. The first-order chi connectivity index (χ1) is 13.0. The Morgan fingerprint density at radius 1 is 1.04 bits per heavy atom. The van der Waals surface area contributed by atoms with Gasteiger partial charge in [-0.1, -0.05) is 62.4 Å². The molecule has 0 aromatic heterocycles. The molecule has 1 aliphatic rings. The number of hydrogen-bond acceptors (Lipinski definition) is 3. The molecule has 142 valence electrons. The highest BCUT2D eigenvalue weighted by atomic mass is 16.6. The van der Waals surface area contributed by atoms with E-state index < -0.39 is 12.1 Å². The predicted molar refractivity (Wildman–Crippen MR) is 104 cm³/mol. The summed E-state index contributed by atoms with van der Waals surface area (Å²) >= 11 is 0. The minimum Gasteiger partial charge on any atom is -0.480 e. The van der Waals surface area contributed by atoms with E-state index in [0.29, 0.717) is 12.5 Å². The molecule has 3 rings (SSSR count). The van der Waals surface area contributed by atoms with E-state index in [1.54, 1.807) is 0 Å². The van der Waals surface area contributed by atoms with Gasteiger partial charge in [-0.2, -0.15) is 0 Å². The predicted octanol–water partition coefficient (Wildman–Crippen LogP) is 4.37. The van der Waals surface area contributed by atoms with Gasteiger partial charge in [0.25, 0.3) is 0 Å². The highest BCUT2D eigenvalue weighted by Crippen LogP contribution is 2.44. The number of carboxylic acid groups (broad SMARTS) is 1. The number of amides is 1. The third-order valence-electron chi connectivity index (χ3n) is 4.90. The molecule has 0 heterocycles. The van der Waals surface area contributed by atoms with Gasteiger partial charge in [0.2, 0.25) is 0 Å². The van der Waals surface area contributed by atoms with Gasteiger partial charge in [0.05, 0.1) is 0 Å². The van der Waals surface area contributed by atoms with Crippen LogP contribution in [0, 0.1) is 5.92 Å². The van der Waals surface area contributed by atoms with Crippen LogP contribution in [0.3, 0.4) is 0 Å². The zero-order chi connectivity index (χ0) is 19.4. The summed E-state index contributed by atoms with van der Waals surface area (Å²) in [5.41, 5.74) is 4.60. The average molecular weight is 367 g/mol. The highest BCUT2D eigenvalue weighted by Gasteiger charge is 2.30. The lowest BCUT2D eigenvalue weighted by molar-refractivity contribution is -0.138. The first-order valence-electron chi connectivity index (χ1n) is 9.29. The number of nitrogens with zero attached hydrogens (tertiary/aromatic N) is 1. The summed E-state index contributed by atoms with van der Waals surface area (Å²) in [6.07, 6.45) is 0.164. The molecule has 0 unspecified atom stereocenters. The molecule has 0 saturated carbocycles. The zero-order valence-electron chi connectivity index (χ0n) is 15.7. The van der Waals surface area contributed by atoms with Gasteiger partial charge >= 0.3 is 12.1 Å². The van der Waals surface area contributed by atoms with Crippen LogP contribution in [-0.2, 0) is 9.53 Å². The fraction of sp³-hybridized carbons (Fsp3) is 0.364. The zero-order valence-corrected chi connectivity index (χ0v) is 15.7. The van der Waals surface area contributed by atoms with Gasteiger partial charge in [0.1, 0.15) is 13.2 Å². The van der Waals surface area contributed by atoms with Crippen LogP contribution in [0.15, 0.2) is 48.5 Å². The lowest BCUT2D eigenvalue weighted by atomic mass is 9.98. The molecule has 0 saturated heterocycles. The molecule has 5 heteroatoms. The summed E-state index contributed by atoms with van der Waals surface area (Å²) in [7, 11) is 0. The maximum Gasteiger partial charge on any atom is 0.410 e. The van der Waals surface area contributed by atoms with E-state index in [1.807, 2.05) is 38.1 Å². The van der Waals surface area contributed by atoms with Crippen LogP contribution < -0.4 is 0 Å². The smallest absolute Gasteiger partial charge is 0.410 e. The van der Waals surface area contributed by atoms with Crippen molar-refractivity contribution < 1.29 is 19.4 Å². The van der Waals surface area contributed by atoms with Crippen molar-refractivity contribution >= 4 is 12.1 Å². The molecule has 0 spiro atoms. The maximum absolute atomic E-state index is 12.5. The summed E-state index contributed by atoms with van der Waals surface area (Å²) in [6.45, 7) is 4.31. The summed E-state index contributed by atoms with van der Waals surface area (Å²) < 4.78 is 5.56. The first kappa shape index (κ1) is 19.0. The van der Waals surface area contributed by atoms with Gasteiger partial charge in [-0.15, -0.1) is 0 Å². The van der Waals surface area contributed by atoms with Gasteiger partial charge in [-0.25, -0.2) is 4.79 Å². The standard InChI is InChI=1S/C22H25NO4/c1-15(2)11-12-23(13-21(24)25)22(26)27-14-20-18-9-5-3-7-16(18)17-8-4-6-10-19(17)20/h3-10,15,20H,11-14H2,1-2H3,(H,24,25). The van der Waals surface area contributed by atoms with Crippen molar-refractivity contribution in [2.24, 2.45) is 5.92 Å². The average Bonchev–Trinajstić information content (AvgIpc) is 2.97. The fourth-order valence-corrected chi connectivity index (χ4v) is 3.50. The van der Waals surface area contributed by atoms with Crippen molar-refractivity contribution in [2.75, 3.05) is 19.7 Å². The number of fused-ring (bicyclic) bond motifs is 3. The second kappa shape index (κ2) is 8.25. The fourth-order valence-electron chi connectivity index (χ4n) is 3.50.